The molecule has 2 aromatic heterocycles. The number of halogens is 1. The maximum atomic E-state index is 15.1. The number of ether oxygens (including phenoxy) is 2. The van der Waals surface area contributed by atoms with Crippen LogP contribution in [-0.2, 0) is 9.53 Å². The summed E-state index contributed by atoms with van der Waals surface area (Å²) in [5, 5.41) is 2.17. The SMILES string of the molecule is C=C1c2c(sc(-c3ncco3)c2C)N(C[C@H](O[C@H]2CC[C@@H](CC(C)(C)[Si](O)(c3ccccc3)c3ccccc3)CC2)c2cc(F)ccc2OC)C(=O)N1[C@@H](C)C(N)=O. The highest BCUT2D eigenvalue weighted by Gasteiger charge is 2.51. The third kappa shape index (κ3) is 7.63. The van der Waals surface area contributed by atoms with Crippen LogP contribution in [0.3, 0.4) is 0 Å². The molecule has 304 valence electrons. The second kappa shape index (κ2) is 16.6. The quantitative estimate of drug-likeness (QED) is 0.108. The van der Waals surface area contributed by atoms with E-state index < -0.39 is 43.3 Å². The van der Waals surface area contributed by atoms with Gasteiger partial charge in [-0.15, -0.1) is 11.3 Å². The number of carbonyl (C=O) groups excluding carboxylic acids is 2. The lowest BCUT2D eigenvalue weighted by Gasteiger charge is -2.44. The number of carbonyl (C=O) groups is 2. The number of hydrogen-bond acceptors (Lipinski definition) is 8. The number of thiophene rings is 1. The maximum Gasteiger partial charge on any atom is 0.330 e. The molecule has 3 aromatic carbocycles. The van der Waals surface area contributed by atoms with Crippen molar-refractivity contribution in [3.05, 3.63) is 120 Å². The first-order chi connectivity index (χ1) is 27.7. The number of methoxy groups -OCH3 is 1. The molecular formula is C45H51FN4O6SSi. The van der Waals surface area contributed by atoms with Crippen LogP contribution in [0, 0.1) is 18.7 Å². The first-order valence-electron chi connectivity index (χ1n) is 19.7. The average Bonchev–Trinajstić information content (AvgIpc) is 3.88. The predicted octanol–water partition coefficient (Wildman–Crippen LogP) is 8.18. The van der Waals surface area contributed by atoms with Gasteiger partial charge in [-0.2, -0.15) is 0 Å². The first-order valence-corrected chi connectivity index (χ1v) is 22.5. The molecule has 3 heterocycles. The molecule has 0 spiro atoms. The predicted molar refractivity (Wildman–Crippen MR) is 228 cm³/mol. The maximum absolute atomic E-state index is 15.1. The standard InChI is InChI=1S/C45H51FN4O6SSi/c1-28-39-29(2)50(30(3)41(47)51)44(52)49(43(39)57-40(28)42-48-23-24-55-42)27-38(36-25-32(46)19-22-37(36)54-6)56-33-20-17-31(18-21-33)26-45(4,5)58(53,34-13-9-7-10-14-34)35-15-11-8-12-16-35/h7-16,19,22-25,30-31,33,38,53H,2,17-18,20-21,26-27H2,1,3-6H3,(H2,47,51)/t30-,31-,33+,38-/m0/s1. The Kier molecular flexibility index (Phi) is 11.8. The van der Waals surface area contributed by atoms with E-state index in [-0.39, 0.29) is 12.6 Å². The van der Waals surface area contributed by atoms with Gasteiger partial charge < -0.3 is 24.4 Å². The van der Waals surface area contributed by atoms with E-state index in [1.54, 1.807) is 24.1 Å². The topological polar surface area (TPSA) is 131 Å². The van der Waals surface area contributed by atoms with Crippen molar-refractivity contribution in [1.29, 1.82) is 0 Å². The molecule has 58 heavy (non-hydrogen) atoms. The molecule has 3 N–H and O–H groups in total. The number of aromatic nitrogens is 1. The summed E-state index contributed by atoms with van der Waals surface area (Å²) >= 11 is 1.33. The molecule has 3 amide bonds. The summed E-state index contributed by atoms with van der Waals surface area (Å²) in [4.78, 5) is 47.9. The zero-order valence-electron chi connectivity index (χ0n) is 33.6. The van der Waals surface area contributed by atoms with Gasteiger partial charge in [-0.3, -0.25) is 14.6 Å². The number of rotatable bonds is 14. The van der Waals surface area contributed by atoms with E-state index in [9.17, 15) is 14.4 Å². The minimum atomic E-state index is -3.19. The van der Waals surface area contributed by atoms with Crippen LogP contribution in [0.2, 0.25) is 5.04 Å². The highest BCUT2D eigenvalue weighted by atomic mass is 32.1. The van der Waals surface area contributed by atoms with Crippen molar-refractivity contribution in [2.75, 3.05) is 18.6 Å². The molecule has 1 saturated carbocycles. The van der Waals surface area contributed by atoms with Crippen LogP contribution < -0.4 is 25.7 Å². The van der Waals surface area contributed by atoms with Crippen molar-refractivity contribution in [3.63, 3.8) is 0 Å². The summed E-state index contributed by atoms with van der Waals surface area (Å²) in [6.07, 6.45) is 6.05. The van der Waals surface area contributed by atoms with E-state index in [1.165, 1.54) is 41.7 Å². The smallest absolute Gasteiger partial charge is 0.330 e. The summed E-state index contributed by atoms with van der Waals surface area (Å²) in [7, 11) is -1.67. The highest BCUT2D eigenvalue weighted by molar-refractivity contribution is 7.20. The number of fused-ring (bicyclic) bond motifs is 1. The molecule has 2 atom stereocenters. The average molecular weight is 823 g/mol. The van der Waals surface area contributed by atoms with Crippen molar-refractivity contribution < 1.29 is 32.7 Å². The molecular weight excluding hydrogens is 772 g/mol. The molecule has 2 aliphatic rings. The van der Waals surface area contributed by atoms with Crippen molar-refractivity contribution >= 4 is 52.7 Å². The number of anilines is 1. The van der Waals surface area contributed by atoms with E-state index in [0.717, 1.165) is 48.0 Å². The van der Waals surface area contributed by atoms with Gasteiger partial charge in [0.05, 0.1) is 30.8 Å². The number of nitrogens with two attached hydrogens (primary N) is 1. The van der Waals surface area contributed by atoms with Crippen LogP contribution in [0.4, 0.5) is 14.2 Å². The number of urea groups is 1. The Morgan fingerprint density at radius 2 is 1.72 bits per heavy atom. The first kappa shape index (κ1) is 41.1. The lowest BCUT2D eigenvalue weighted by Crippen LogP contribution is -2.65. The van der Waals surface area contributed by atoms with Crippen molar-refractivity contribution in [1.82, 2.24) is 9.88 Å². The fraction of sp³-hybridized carbons (Fsp3) is 0.356. The van der Waals surface area contributed by atoms with E-state index in [0.29, 0.717) is 44.3 Å². The number of nitrogens with zero attached hydrogens (tertiary/aromatic N) is 3. The summed E-state index contributed by atoms with van der Waals surface area (Å²) in [5.74, 6) is -0.00360. The molecule has 13 heteroatoms. The van der Waals surface area contributed by atoms with E-state index in [4.69, 9.17) is 19.6 Å². The second-order valence-corrected chi connectivity index (χ2v) is 21.0. The number of benzene rings is 3. The normalized spacial score (nSPS) is 18.5. The van der Waals surface area contributed by atoms with Gasteiger partial charge in [0.1, 0.15) is 35.0 Å². The molecule has 0 radical (unpaired) electrons. The Morgan fingerprint density at radius 1 is 1.09 bits per heavy atom. The summed E-state index contributed by atoms with van der Waals surface area (Å²) in [6, 6.07) is 22.9. The number of hydrogen-bond donors (Lipinski definition) is 2. The van der Waals surface area contributed by atoms with Gasteiger partial charge in [0.15, 0.2) is 0 Å². The Bertz CT molecular complexity index is 2220. The second-order valence-electron chi connectivity index (χ2n) is 16.0. The molecule has 5 aromatic rings. The molecule has 0 saturated heterocycles. The molecule has 0 unspecified atom stereocenters. The van der Waals surface area contributed by atoms with E-state index >= 15 is 4.39 Å². The fourth-order valence-corrected chi connectivity index (χ4v) is 14.0. The zero-order chi connectivity index (χ0) is 41.4. The summed E-state index contributed by atoms with van der Waals surface area (Å²) < 4.78 is 33.5. The molecule has 1 aliphatic heterocycles. The van der Waals surface area contributed by atoms with Gasteiger partial charge in [-0.05, 0) is 91.0 Å². The third-order valence-corrected chi connectivity index (χ3v) is 17.8. The number of oxazole rings is 1. The fourth-order valence-electron chi connectivity index (χ4n) is 8.93. The highest BCUT2D eigenvalue weighted by Crippen LogP contribution is 2.50. The molecule has 10 nitrogen and oxygen atoms in total. The van der Waals surface area contributed by atoms with Crippen molar-refractivity contribution in [2.45, 2.75) is 83.1 Å². The summed E-state index contributed by atoms with van der Waals surface area (Å²) in [6.45, 7) is 12.1. The Morgan fingerprint density at radius 3 is 2.29 bits per heavy atom. The lowest BCUT2D eigenvalue weighted by atomic mass is 9.82. The van der Waals surface area contributed by atoms with Crippen LogP contribution >= 0.6 is 11.3 Å². The lowest BCUT2D eigenvalue weighted by molar-refractivity contribution is -0.121. The van der Waals surface area contributed by atoms with Gasteiger partial charge in [0.25, 0.3) is 8.32 Å². The molecule has 1 aliphatic carbocycles. The Hall–Kier alpha value is -5.08. The van der Waals surface area contributed by atoms with Crippen LogP contribution in [0.1, 0.15) is 75.7 Å². The minimum absolute atomic E-state index is 0.0222. The molecule has 0 bridgehead atoms. The Labute approximate surface area is 344 Å². The minimum Gasteiger partial charge on any atom is -0.496 e. The molecule has 1 fully saturated rings. The van der Waals surface area contributed by atoms with Crippen LogP contribution in [0.5, 0.6) is 5.75 Å². The van der Waals surface area contributed by atoms with Crippen molar-refractivity contribution in [3.8, 4) is 16.5 Å². The van der Waals surface area contributed by atoms with Crippen LogP contribution in [0.25, 0.3) is 16.5 Å². The molecule has 7 rings (SSSR count). The van der Waals surface area contributed by atoms with Gasteiger partial charge in [-0.1, -0.05) is 81.1 Å². The van der Waals surface area contributed by atoms with Gasteiger partial charge >= 0.3 is 6.03 Å². The van der Waals surface area contributed by atoms with Gasteiger partial charge in [-0.25, -0.2) is 14.2 Å². The van der Waals surface area contributed by atoms with Gasteiger partial charge in [0.2, 0.25) is 11.8 Å². The largest absolute Gasteiger partial charge is 0.496 e. The monoisotopic (exact) mass is 822 g/mol. The van der Waals surface area contributed by atoms with E-state index in [2.05, 4.69) is 49.7 Å². The Balaban J connectivity index is 1.18. The van der Waals surface area contributed by atoms with Gasteiger partial charge in [0, 0.05) is 16.8 Å². The van der Waals surface area contributed by atoms with Crippen LogP contribution in [0.15, 0.2) is 102 Å². The third-order valence-electron chi connectivity index (χ3n) is 12.0. The van der Waals surface area contributed by atoms with Crippen molar-refractivity contribution in [2.24, 2.45) is 11.7 Å². The zero-order valence-corrected chi connectivity index (χ0v) is 35.4. The number of primary amides is 1. The van der Waals surface area contributed by atoms with E-state index in [1.807, 2.05) is 43.3 Å². The summed E-state index contributed by atoms with van der Waals surface area (Å²) in [5.41, 5.74) is 8.01. The van der Waals surface area contributed by atoms with Crippen LogP contribution in [-0.4, -0.2) is 60.7 Å². The number of amides is 3.